The third-order valence-electron chi connectivity index (χ3n) is 2.12. The molecule has 0 saturated heterocycles. The molecular weight excluding hydrogens is 238 g/mol. The number of carbonyl (C=O) groups excluding carboxylic acids is 2. The number of benzene rings is 1. The maximum atomic E-state index is 11.7. The molecule has 1 atom stereocenters. The van der Waals surface area contributed by atoms with Gasteiger partial charge in [0.15, 0.2) is 6.04 Å². The molecule has 0 heterocycles. The number of carboxylic acids is 1. The molecule has 0 aliphatic heterocycles. The van der Waals surface area contributed by atoms with Crippen molar-refractivity contribution in [1.29, 1.82) is 0 Å². The lowest BCUT2D eigenvalue weighted by atomic mass is 10.1. The molecule has 0 spiro atoms. The molecule has 6 heteroatoms. The zero-order valence-corrected chi connectivity index (χ0v) is 9.75. The Morgan fingerprint density at radius 1 is 1.28 bits per heavy atom. The Labute approximate surface area is 104 Å². The highest BCUT2D eigenvalue weighted by atomic mass is 16.5. The van der Waals surface area contributed by atoms with Crippen molar-refractivity contribution in [3.8, 4) is 0 Å². The minimum Gasteiger partial charge on any atom is -0.474 e. The van der Waals surface area contributed by atoms with Crippen LogP contribution in [0.25, 0.3) is 0 Å². The van der Waals surface area contributed by atoms with Crippen molar-refractivity contribution >= 4 is 17.8 Å². The lowest BCUT2D eigenvalue weighted by Gasteiger charge is -2.16. The normalized spacial score (nSPS) is 11.4. The fourth-order valence-corrected chi connectivity index (χ4v) is 1.34. The Bertz CT molecular complexity index is 443. The van der Waals surface area contributed by atoms with Gasteiger partial charge in [0.2, 0.25) is 0 Å². The highest BCUT2D eigenvalue weighted by Gasteiger charge is 2.26. The number of hydrogen-bond donors (Lipinski definition) is 2. The zero-order chi connectivity index (χ0) is 13.5. The fourth-order valence-electron chi connectivity index (χ4n) is 1.34. The predicted molar refractivity (Wildman–Crippen MR) is 61.6 cm³/mol. The van der Waals surface area contributed by atoms with Crippen LogP contribution in [0.5, 0.6) is 0 Å². The number of esters is 1. The van der Waals surface area contributed by atoms with Crippen molar-refractivity contribution in [2.45, 2.75) is 13.0 Å². The molecule has 1 aromatic rings. The Kier molecular flexibility index (Phi) is 4.86. The number of hydrogen-bond acceptors (Lipinski definition) is 4. The third-order valence-corrected chi connectivity index (χ3v) is 2.12. The van der Waals surface area contributed by atoms with Gasteiger partial charge in [-0.25, -0.2) is 9.59 Å². The van der Waals surface area contributed by atoms with Crippen LogP contribution < -0.4 is 5.32 Å². The lowest BCUT2D eigenvalue weighted by Crippen LogP contribution is -2.38. The van der Waals surface area contributed by atoms with Gasteiger partial charge in [-0.15, -0.1) is 0 Å². The van der Waals surface area contributed by atoms with Crippen LogP contribution in [-0.2, 0) is 19.1 Å². The van der Waals surface area contributed by atoms with E-state index in [0.29, 0.717) is 5.56 Å². The molecule has 0 aromatic heterocycles. The van der Waals surface area contributed by atoms with Gasteiger partial charge in [0.05, 0.1) is 6.61 Å². The van der Waals surface area contributed by atoms with Crippen molar-refractivity contribution in [2.75, 3.05) is 6.61 Å². The van der Waals surface area contributed by atoms with Gasteiger partial charge in [0.1, 0.15) is 0 Å². The lowest BCUT2D eigenvalue weighted by molar-refractivity contribution is -0.153. The van der Waals surface area contributed by atoms with Crippen molar-refractivity contribution in [1.82, 2.24) is 5.32 Å². The predicted octanol–water partition coefficient (Wildman–Crippen LogP) is 0.492. The van der Waals surface area contributed by atoms with Gasteiger partial charge in [-0.1, -0.05) is 30.3 Å². The van der Waals surface area contributed by atoms with E-state index in [9.17, 15) is 14.4 Å². The number of amides is 1. The molecule has 2 N–H and O–H groups in total. The van der Waals surface area contributed by atoms with E-state index in [2.05, 4.69) is 5.32 Å². The summed E-state index contributed by atoms with van der Waals surface area (Å²) in [6, 6.07) is 7.18. The molecule has 6 nitrogen and oxygen atoms in total. The summed E-state index contributed by atoms with van der Waals surface area (Å²) in [6.45, 7) is 1.77. The smallest absolute Gasteiger partial charge is 0.394 e. The second kappa shape index (κ2) is 6.39. The van der Waals surface area contributed by atoms with E-state index in [-0.39, 0.29) is 6.61 Å². The van der Waals surface area contributed by atoms with Crippen LogP contribution in [0.4, 0.5) is 0 Å². The molecular formula is C12H13NO5. The number of carboxylic acid groups (broad SMARTS) is 1. The quantitative estimate of drug-likeness (QED) is 0.600. The second-order valence-electron chi connectivity index (χ2n) is 3.37. The van der Waals surface area contributed by atoms with E-state index in [0.717, 1.165) is 0 Å². The summed E-state index contributed by atoms with van der Waals surface area (Å²) >= 11 is 0. The highest BCUT2D eigenvalue weighted by molar-refractivity contribution is 6.31. The van der Waals surface area contributed by atoms with Gasteiger partial charge < -0.3 is 15.2 Å². The summed E-state index contributed by atoms with van der Waals surface area (Å²) in [5.41, 5.74) is 0.463. The number of carbonyl (C=O) groups is 3. The molecule has 1 amide bonds. The maximum absolute atomic E-state index is 11.7. The van der Waals surface area contributed by atoms with E-state index in [1.54, 1.807) is 37.3 Å². The first-order valence-corrected chi connectivity index (χ1v) is 5.31. The van der Waals surface area contributed by atoms with Crippen molar-refractivity contribution < 1.29 is 24.2 Å². The Morgan fingerprint density at radius 2 is 1.89 bits per heavy atom. The summed E-state index contributed by atoms with van der Waals surface area (Å²) in [5, 5.41) is 10.6. The SMILES string of the molecule is CCOC(=O)C(NC(=O)C(=O)O)c1ccccc1. The van der Waals surface area contributed by atoms with Crippen molar-refractivity contribution in [3.63, 3.8) is 0 Å². The number of ether oxygens (including phenoxy) is 1. The summed E-state index contributed by atoms with van der Waals surface area (Å²) in [7, 11) is 0. The van der Waals surface area contributed by atoms with Crippen LogP contribution in [0.1, 0.15) is 18.5 Å². The molecule has 0 fully saturated rings. The average molecular weight is 251 g/mol. The van der Waals surface area contributed by atoms with E-state index >= 15 is 0 Å². The van der Waals surface area contributed by atoms with Crippen LogP contribution in [0.3, 0.4) is 0 Å². The first-order valence-electron chi connectivity index (χ1n) is 5.31. The summed E-state index contributed by atoms with van der Waals surface area (Å²) < 4.78 is 4.79. The minimum absolute atomic E-state index is 0.144. The monoisotopic (exact) mass is 251 g/mol. The Balaban J connectivity index is 2.92. The summed E-state index contributed by atoms with van der Waals surface area (Å²) in [4.78, 5) is 33.3. The molecule has 0 bridgehead atoms. The van der Waals surface area contributed by atoms with E-state index in [1.807, 2.05) is 0 Å². The Hall–Kier alpha value is -2.37. The van der Waals surface area contributed by atoms with E-state index < -0.39 is 23.9 Å². The van der Waals surface area contributed by atoms with Crippen LogP contribution in [0.2, 0.25) is 0 Å². The molecule has 1 aromatic carbocycles. The molecule has 0 saturated carbocycles. The number of rotatable bonds is 4. The highest BCUT2D eigenvalue weighted by Crippen LogP contribution is 2.14. The van der Waals surface area contributed by atoms with Crippen LogP contribution >= 0.6 is 0 Å². The molecule has 18 heavy (non-hydrogen) atoms. The number of nitrogens with one attached hydrogen (secondary N) is 1. The molecule has 0 radical (unpaired) electrons. The summed E-state index contributed by atoms with van der Waals surface area (Å²) in [6.07, 6.45) is 0. The fraction of sp³-hybridized carbons (Fsp3) is 0.250. The van der Waals surface area contributed by atoms with E-state index in [1.165, 1.54) is 0 Å². The molecule has 1 rings (SSSR count). The van der Waals surface area contributed by atoms with Gasteiger partial charge in [-0.05, 0) is 12.5 Å². The van der Waals surface area contributed by atoms with Crippen LogP contribution in [-0.4, -0.2) is 29.6 Å². The average Bonchev–Trinajstić information content (AvgIpc) is 2.36. The van der Waals surface area contributed by atoms with Crippen molar-refractivity contribution in [2.24, 2.45) is 0 Å². The van der Waals surface area contributed by atoms with Crippen LogP contribution in [0.15, 0.2) is 30.3 Å². The number of aliphatic carboxylic acids is 1. The summed E-state index contributed by atoms with van der Waals surface area (Å²) in [5.74, 6) is -3.60. The van der Waals surface area contributed by atoms with Gasteiger partial charge in [0, 0.05) is 0 Å². The van der Waals surface area contributed by atoms with E-state index in [4.69, 9.17) is 9.84 Å². The molecule has 96 valence electrons. The third kappa shape index (κ3) is 3.58. The standard InChI is InChI=1S/C12H13NO5/c1-2-18-12(17)9(13-10(14)11(15)16)8-6-4-3-5-7-8/h3-7,9H,2H2,1H3,(H,13,14)(H,15,16). The van der Waals surface area contributed by atoms with Crippen molar-refractivity contribution in [3.05, 3.63) is 35.9 Å². The topological polar surface area (TPSA) is 92.7 Å². The second-order valence-corrected chi connectivity index (χ2v) is 3.37. The maximum Gasteiger partial charge on any atom is 0.394 e. The van der Waals surface area contributed by atoms with Gasteiger partial charge in [-0.2, -0.15) is 0 Å². The molecule has 1 unspecified atom stereocenters. The van der Waals surface area contributed by atoms with Gasteiger partial charge in [0.25, 0.3) is 0 Å². The van der Waals surface area contributed by atoms with Gasteiger partial charge in [-0.3, -0.25) is 4.79 Å². The first kappa shape index (κ1) is 13.7. The zero-order valence-electron chi connectivity index (χ0n) is 9.75. The van der Waals surface area contributed by atoms with Gasteiger partial charge >= 0.3 is 17.8 Å². The van der Waals surface area contributed by atoms with Crippen LogP contribution in [0, 0.1) is 0 Å². The molecule has 0 aliphatic carbocycles. The molecule has 0 aliphatic rings. The minimum atomic E-state index is -1.65. The largest absolute Gasteiger partial charge is 0.474 e. The first-order chi connectivity index (χ1) is 8.56. The Morgan fingerprint density at radius 3 is 2.39 bits per heavy atom.